The van der Waals surface area contributed by atoms with Gasteiger partial charge in [0.1, 0.15) is 5.75 Å². The van der Waals surface area contributed by atoms with E-state index in [9.17, 15) is 9.59 Å². The lowest BCUT2D eigenvalue weighted by molar-refractivity contribution is -0.125. The van der Waals surface area contributed by atoms with Gasteiger partial charge in [-0.15, -0.1) is 0 Å². The van der Waals surface area contributed by atoms with E-state index in [0.29, 0.717) is 11.7 Å². The van der Waals surface area contributed by atoms with Gasteiger partial charge in [0.25, 0.3) is 5.91 Å². The Bertz CT molecular complexity index is 808. The Morgan fingerprint density at radius 2 is 1.89 bits per heavy atom. The minimum absolute atomic E-state index is 0.106. The van der Waals surface area contributed by atoms with E-state index in [1.165, 1.54) is 0 Å². The van der Waals surface area contributed by atoms with Gasteiger partial charge in [-0.3, -0.25) is 9.59 Å². The molecule has 1 unspecified atom stereocenters. The molecule has 2 aromatic carbocycles. The summed E-state index contributed by atoms with van der Waals surface area (Å²) in [6.07, 6.45) is 0.988. The molecule has 0 aliphatic rings. The van der Waals surface area contributed by atoms with Crippen molar-refractivity contribution in [2.75, 3.05) is 18.5 Å². The summed E-state index contributed by atoms with van der Waals surface area (Å²) >= 11 is 3.38. The van der Waals surface area contributed by atoms with Crippen molar-refractivity contribution < 1.29 is 14.3 Å². The van der Waals surface area contributed by atoms with Crippen LogP contribution in [-0.2, 0) is 9.59 Å². The quantitative estimate of drug-likeness (QED) is 0.649. The zero-order valence-electron chi connectivity index (χ0n) is 15.8. The van der Waals surface area contributed by atoms with Gasteiger partial charge >= 0.3 is 0 Å². The second-order valence-electron chi connectivity index (χ2n) is 6.42. The van der Waals surface area contributed by atoms with Crippen LogP contribution in [0.3, 0.4) is 0 Å². The van der Waals surface area contributed by atoms with Crippen LogP contribution in [-0.4, -0.2) is 25.0 Å². The summed E-state index contributed by atoms with van der Waals surface area (Å²) in [6.45, 7) is 5.90. The standard InChI is InChI=1S/C21H25BrN2O3/c1-4-14(2)17-7-5-6-8-19(17)27-13-21(26)23-12-20(25)24-18-10-9-16(22)11-15(18)3/h5-11,14H,4,12-13H2,1-3H3,(H,23,26)(H,24,25). The summed E-state index contributed by atoms with van der Waals surface area (Å²) in [5.74, 6) is 0.437. The number of amides is 2. The van der Waals surface area contributed by atoms with Crippen molar-refractivity contribution >= 4 is 33.4 Å². The summed E-state index contributed by atoms with van der Waals surface area (Å²) < 4.78 is 6.60. The van der Waals surface area contributed by atoms with E-state index in [4.69, 9.17) is 4.74 Å². The molecule has 0 bridgehead atoms. The van der Waals surface area contributed by atoms with Crippen molar-refractivity contribution in [3.05, 3.63) is 58.1 Å². The van der Waals surface area contributed by atoms with Crippen molar-refractivity contribution in [1.82, 2.24) is 5.32 Å². The highest BCUT2D eigenvalue weighted by Gasteiger charge is 2.12. The molecule has 0 heterocycles. The van der Waals surface area contributed by atoms with E-state index >= 15 is 0 Å². The lowest BCUT2D eigenvalue weighted by Crippen LogP contribution is -2.36. The van der Waals surface area contributed by atoms with Crippen molar-refractivity contribution in [3.63, 3.8) is 0 Å². The number of carbonyl (C=O) groups excluding carboxylic acids is 2. The van der Waals surface area contributed by atoms with Crippen LogP contribution < -0.4 is 15.4 Å². The zero-order chi connectivity index (χ0) is 19.8. The number of carbonyl (C=O) groups is 2. The van der Waals surface area contributed by atoms with Gasteiger partial charge in [0.05, 0.1) is 6.54 Å². The molecular formula is C21H25BrN2O3. The summed E-state index contributed by atoms with van der Waals surface area (Å²) in [6, 6.07) is 13.3. The smallest absolute Gasteiger partial charge is 0.258 e. The molecule has 6 heteroatoms. The van der Waals surface area contributed by atoms with E-state index in [1.807, 2.05) is 49.4 Å². The number of benzene rings is 2. The molecule has 2 N–H and O–H groups in total. The second-order valence-corrected chi connectivity index (χ2v) is 7.34. The molecule has 2 rings (SSSR count). The maximum atomic E-state index is 12.0. The van der Waals surface area contributed by atoms with Crippen LogP contribution in [0.1, 0.15) is 37.3 Å². The van der Waals surface area contributed by atoms with Crippen molar-refractivity contribution in [2.24, 2.45) is 0 Å². The number of nitrogens with one attached hydrogen (secondary N) is 2. The summed E-state index contributed by atoms with van der Waals surface area (Å²) in [5, 5.41) is 5.36. The van der Waals surface area contributed by atoms with Gasteiger partial charge in [-0.25, -0.2) is 0 Å². The molecule has 0 aliphatic carbocycles. The molecule has 0 aromatic heterocycles. The van der Waals surface area contributed by atoms with Crippen molar-refractivity contribution in [3.8, 4) is 5.75 Å². The molecule has 2 aromatic rings. The third kappa shape index (κ3) is 6.40. The van der Waals surface area contributed by atoms with Gasteiger partial charge in [0.2, 0.25) is 5.91 Å². The van der Waals surface area contributed by atoms with Crippen LogP contribution in [0.25, 0.3) is 0 Å². The van der Waals surface area contributed by atoms with Crippen LogP contribution in [0.2, 0.25) is 0 Å². The Balaban J connectivity index is 1.82. The Morgan fingerprint density at radius 1 is 1.15 bits per heavy atom. The monoisotopic (exact) mass is 432 g/mol. The molecule has 0 saturated carbocycles. The van der Waals surface area contributed by atoms with Gasteiger partial charge in [-0.05, 0) is 54.7 Å². The molecule has 5 nitrogen and oxygen atoms in total. The number of halogens is 1. The SMILES string of the molecule is CCC(C)c1ccccc1OCC(=O)NCC(=O)Nc1ccc(Br)cc1C. The van der Waals surface area contributed by atoms with Crippen molar-refractivity contribution in [1.29, 1.82) is 0 Å². The number of rotatable bonds is 8. The third-order valence-electron chi connectivity index (χ3n) is 4.33. The average molecular weight is 433 g/mol. The highest BCUT2D eigenvalue weighted by atomic mass is 79.9. The lowest BCUT2D eigenvalue weighted by atomic mass is 9.98. The highest BCUT2D eigenvalue weighted by Crippen LogP contribution is 2.28. The van der Waals surface area contributed by atoms with Crippen LogP contribution in [0.4, 0.5) is 5.69 Å². The molecule has 0 aliphatic heterocycles. The summed E-state index contributed by atoms with van der Waals surface area (Å²) in [7, 11) is 0. The summed E-state index contributed by atoms with van der Waals surface area (Å²) in [4.78, 5) is 24.0. The van der Waals surface area contributed by atoms with Gasteiger partial charge in [0.15, 0.2) is 6.61 Å². The summed E-state index contributed by atoms with van der Waals surface area (Å²) in [5.41, 5.74) is 2.74. The Kier molecular flexibility index (Phi) is 7.85. The van der Waals surface area contributed by atoms with Gasteiger partial charge < -0.3 is 15.4 Å². The van der Waals surface area contributed by atoms with Crippen LogP contribution in [0.15, 0.2) is 46.9 Å². The fraction of sp³-hybridized carbons (Fsp3) is 0.333. The van der Waals surface area contributed by atoms with E-state index in [2.05, 4.69) is 40.4 Å². The van der Waals surface area contributed by atoms with Gasteiger partial charge in [-0.1, -0.05) is 48.0 Å². The first-order chi connectivity index (χ1) is 12.9. The third-order valence-corrected chi connectivity index (χ3v) is 4.82. The largest absolute Gasteiger partial charge is 0.483 e. The fourth-order valence-electron chi connectivity index (χ4n) is 2.57. The number of anilines is 1. The van der Waals surface area contributed by atoms with Gasteiger partial charge in [-0.2, -0.15) is 0 Å². The predicted octanol–water partition coefficient (Wildman–Crippen LogP) is 4.40. The number of hydrogen-bond acceptors (Lipinski definition) is 3. The Hall–Kier alpha value is -2.34. The molecule has 27 heavy (non-hydrogen) atoms. The molecule has 1 atom stereocenters. The number of aryl methyl sites for hydroxylation is 1. The minimum Gasteiger partial charge on any atom is -0.483 e. The first kappa shape index (κ1) is 21.0. The molecule has 0 saturated heterocycles. The maximum Gasteiger partial charge on any atom is 0.258 e. The highest BCUT2D eigenvalue weighted by molar-refractivity contribution is 9.10. The van der Waals surface area contributed by atoms with Crippen LogP contribution in [0, 0.1) is 6.92 Å². The van der Waals surface area contributed by atoms with Gasteiger partial charge in [0, 0.05) is 10.2 Å². The van der Waals surface area contributed by atoms with Crippen LogP contribution in [0.5, 0.6) is 5.75 Å². The van der Waals surface area contributed by atoms with E-state index in [0.717, 1.165) is 27.7 Å². The number of hydrogen-bond donors (Lipinski definition) is 2. The topological polar surface area (TPSA) is 67.4 Å². The predicted molar refractivity (Wildman–Crippen MR) is 111 cm³/mol. The van der Waals surface area contributed by atoms with Crippen LogP contribution >= 0.6 is 15.9 Å². The normalized spacial score (nSPS) is 11.6. The minimum atomic E-state index is -0.336. The first-order valence-corrected chi connectivity index (χ1v) is 9.74. The average Bonchev–Trinajstić information content (AvgIpc) is 2.66. The van der Waals surface area contributed by atoms with Crippen molar-refractivity contribution in [2.45, 2.75) is 33.1 Å². The second kappa shape index (κ2) is 10.1. The number of ether oxygens (including phenoxy) is 1. The Morgan fingerprint density at radius 3 is 2.59 bits per heavy atom. The zero-order valence-corrected chi connectivity index (χ0v) is 17.4. The maximum absolute atomic E-state index is 12.0. The Labute approximate surface area is 168 Å². The molecule has 0 radical (unpaired) electrons. The number of para-hydroxylation sites is 1. The fourth-order valence-corrected chi connectivity index (χ4v) is 3.05. The molecule has 0 spiro atoms. The lowest BCUT2D eigenvalue weighted by Gasteiger charge is -2.15. The van der Waals surface area contributed by atoms with E-state index in [1.54, 1.807) is 0 Å². The van der Waals surface area contributed by atoms with E-state index < -0.39 is 0 Å². The molecule has 0 fully saturated rings. The molecule has 2 amide bonds. The molecular weight excluding hydrogens is 408 g/mol. The first-order valence-electron chi connectivity index (χ1n) is 8.95. The molecule has 144 valence electrons. The van der Waals surface area contributed by atoms with E-state index in [-0.39, 0.29) is 25.0 Å².